The van der Waals surface area contributed by atoms with Gasteiger partial charge in [0.15, 0.2) is 5.82 Å². The number of aryl methyl sites for hydroxylation is 2. The zero-order valence-electron chi connectivity index (χ0n) is 18.3. The van der Waals surface area contributed by atoms with Crippen molar-refractivity contribution in [1.82, 2.24) is 15.5 Å². The highest BCUT2D eigenvalue weighted by Crippen LogP contribution is 2.34. The summed E-state index contributed by atoms with van der Waals surface area (Å²) < 4.78 is 5.46. The summed E-state index contributed by atoms with van der Waals surface area (Å²) in [6.45, 7) is 1.53. The predicted octanol–water partition coefficient (Wildman–Crippen LogP) is 4.21. The Balaban J connectivity index is 1.40. The number of hydrogen-bond acceptors (Lipinski definition) is 5. The maximum Gasteiger partial charge on any atom is 0.227 e. The average Bonchev–Trinajstić information content (AvgIpc) is 3.12. The number of nitrogens with one attached hydrogen (secondary N) is 2. The number of rotatable bonds is 6. The molecule has 1 saturated carbocycles. The molecule has 2 N–H and O–H groups in total. The van der Waals surface area contributed by atoms with E-state index in [1.807, 2.05) is 12.1 Å². The lowest BCUT2D eigenvalue weighted by molar-refractivity contribution is -0.121. The minimum absolute atomic E-state index is 0.0511. The van der Waals surface area contributed by atoms with Crippen molar-refractivity contribution in [1.29, 1.82) is 0 Å². The third-order valence-electron chi connectivity index (χ3n) is 6.50. The molecule has 0 unspecified atom stereocenters. The molecule has 2 amide bonds. The van der Waals surface area contributed by atoms with Crippen LogP contribution in [0.2, 0.25) is 0 Å². The van der Waals surface area contributed by atoms with Crippen LogP contribution in [0.4, 0.5) is 5.69 Å². The van der Waals surface area contributed by atoms with E-state index < -0.39 is 5.54 Å². The molecule has 7 heteroatoms. The predicted molar refractivity (Wildman–Crippen MR) is 118 cm³/mol. The van der Waals surface area contributed by atoms with Crippen LogP contribution in [0.1, 0.15) is 87.6 Å². The Morgan fingerprint density at radius 1 is 1.06 bits per heavy atom. The van der Waals surface area contributed by atoms with Gasteiger partial charge in [-0.25, -0.2) is 0 Å². The minimum atomic E-state index is -0.560. The van der Waals surface area contributed by atoms with Crippen LogP contribution in [0.5, 0.6) is 0 Å². The molecular weight excluding hydrogens is 392 g/mol. The van der Waals surface area contributed by atoms with Gasteiger partial charge in [-0.3, -0.25) is 9.59 Å². The molecule has 2 aromatic rings. The topological polar surface area (TPSA) is 97.1 Å². The van der Waals surface area contributed by atoms with Crippen molar-refractivity contribution < 1.29 is 14.1 Å². The molecule has 1 fully saturated rings. The molecule has 31 heavy (non-hydrogen) atoms. The molecule has 0 radical (unpaired) electrons. The third kappa shape index (κ3) is 5.14. The van der Waals surface area contributed by atoms with Crippen LogP contribution in [0.15, 0.2) is 22.7 Å². The number of fused-ring (bicyclic) bond motifs is 1. The van der Waals surface area contributed by atoms with Crippen molar-refractivity contribution in [2.24, 2.45) is 0 Å². The summed E-state index contributed by atoms with van der Waals surface area (Å²) in [5.41, 5.74) is 2.98. The molecule has 0 spiro atoms. The lowest BCUT2D eigenvalue weighted by Gasteiger charge is -2.30. The number of carbonyl (C=O) groups is 2. The van der Waals surface area contributed by atoms with Gasteiger partial charge in [0, 0.05) is 25.5 Å². The van der Waals surface area contributed by atoms with Crippen molar-refractivity contribution in [3.8, 4) is 0 Å². The van der Waals surface area contributed by atoms with E-state index in [1.54, 1.807) is 0 Å². The fourth-order valence-electron chi connectivity index (χ4n) is 4.96. The molecule has 4 rings (SSSR count). The second-order valence-corrected chi connectivity index (χ2v) is 8.89. The molecule has 1 aromatic heterocycles. The summed E-state index contributed by atoms with van der Waals surface area (Å²) in [5, 5.41) is 10.3. The van der Waals surface area contributed by atoms with E-state index in [-0.39, 0.29) is 18.2 Å². The van der Waals surface area contributed by atoms with E-state index >= 15 is 0 Å². The summed E-state index contributed by atoms with van der Waals surface area (Å²) in [6, 6.07) is 6.15. The molecular formula is C24H32N4O3. The second-order valence-electron chi connectivity index (χ2n) is 8.89. The zero-order chi connectivity index (χ0) is 21.7. The average molecular weight is 425 g/mol. The van der Waals surface area contributed by atoms with Crippen LogP contribution in [-0.4, -0.2) is 22.0 Å². The first kappa shape index (κ1) is 21.5. The van der Waals surface area contributed by atoms with E-state index in [9.17, 15) is 9.59 Å². The number of aromatic nitrogens is 2. The van der Waals surface area contributed by atoms with Crippen molar-refractivity contribution in [2.45, 2.75) is 89.5 Å². The second kappa shape index (κ2) is 9.62. The van der Waals surface area contributed by atoms with Gasteiger partial charge in [0.2, 0.25) is 17.7 Å². The molecule has 0 aliphatic heterocycles. The van der Waals surface area contributed by atoms with Gasteiger partial charge in [0.05, 0.1) is 0 Å². The highest BCUT2D eigenvalue weighted by molar-refractivity contribution is 5.91. The third-order valence-corrected chi connectivity index (χ3v) is 6.50. The van der Waals surface area contributed by atoms with E-state index in [1.165, 1.54) is 30.9 Å². The van der Waals surface area contributed by atoms with E-state index in [2.05, 4.69) is 26.8 Å². The Hall–Kier alpha value is -2.70. The Labute approximate surface area is 183 Å². The number of anilines is 1. The first-order valence-corrected chi connectivity index (χ1v) is 11.6. The van der Waals surface area contributed by atoms with E-state index in [0.29, 0.717) is 18.1 Å². The number of carbonyl (C=O) groups excluding carboxylic acids is 2. The van der Waals surface area contributed by atoms with Gasteiger partial charge in [-0.15, -0.1) is 0 Å². The zero-order valence-corrected chi connectivity index (χ0v) is 18.3. The number of benzene rings is 1. The van der Waals surface area contributed by atoms with Gasteiger partial charge in [0.1, 0.15) is 5.54 Å². The van der Waals surface area contributed by atoms with Crippen LogP contribution >= 0.6 is 0 Å². The number of nitrogens with zero attached hydrogens (tertiary/aromatic N) is 2. The fraction of sp³-hybridized carbons (Fsp3) is 0.583. The molecule has 1 aromatic carbocycles. The van der Waals surface area contributed by atoms with Crippen LogP contribution in [0.3, 0.4) is 0 Å². The molecule has 2 aliphatic carbocycles. The molecule has 166 valence electrons. The molecule has 0 saturated heterocycles. The standard InChI is InChI=1S/C24H32N4O3/c1-17(29)27-24(15-6-2-3-7-16-24)23-26-22(31-28-23)14-13-21(30)25-20-12-8-10-18-9-4-5-11-19(18)20/h8,10,12H,2-7,9,11,13-16H2,1H3,(H,25,30)(H,27,29). The quantitative estimate of drug-likeness (QED) is 0.677. The van der Waals surface area contributed by atoms with Gasteiger partial charge >= 0.3 is 0 Å². The van der Waals surface area contributed by atoms with Gasteiger partial charge in [-0.1, -0.05) is 43.0 Å². The van der Waals surface area contributed by atoms with Crippen molar-refractivity contribution in [2.75, 3.05) is 5.32 Å². The molecule has 7 nitrogen and oxygen atoms in total. The summed E-state index contributed by atoms with van der Waals surface area (Å²) in [5.74, 6) is 0.843. The normalized spacial score (nSPS) is 18.0. The highest BCUT2D eigenvalue weighted by atomic mass is 16.5. The summed E-state index contributed by atoms with van der Waals surface area (Å²) in [7, 11) is 0. The number of hydrogen-bond donors (Lipinski definition) is 2. The lowest BCUT2D eigenvalue weighted by atomic mass is 9.89. The smallest absolute Gasteiger partial charge is 0.227 e. The maximum atomic E-state index is 12.6. The van der Waals surface area contributed by atoms with Gasteiger partial charge in [0.25, 0.3) is 0 Å². The van der Waals surface area contributed by atoms with Crippen LogP contribution in [0.25, 0.3) is 0 Å². The van der Waals surface area contributed by atoms with Crippen LogP contribution in [0, 0.1) is 0 Å². The minimum Gasteiger partial charge on any atom is -0.343 e. The summed E-state index contributed by atoms with van der Waals surface area (Å²) in [6.07, 6.45) is 11.1. The maximum absolute atomic E-state index is 12.6. The van der Waals surface area contributed by atoms with Gasteiger partial charge in [-0.05, 0) is 55.7 Å². The molecule has 1 heterocycles. The highest BCUT2D eigenvalue weighted by Gasteiger charge is 2.38. The van der Waals surface area contributed by atoms with Crippen LogP contribution < -0.4 is 10.6 Å². The van der Waals surface area contributed by atoms with Crippen LogP contribution in [-0.2, 0) is 34.4 Å². The molecule has 2 aliphatic rings. The Bertz CT molecular complexity index is 929. The first-order valence-electron chi connectivity index (χ1n) is 11.6. The van der Waals surface area contributed by atoms with E-state index in [4.69, 9.17) is 4.52 Å². The monoisotopic (exact) mass is 424 g/mol. The lowest BCUT2D eigenvalue weighted by Crippen LogP contribution is -2.45. The van der Waals surface area contributed by atoms with Crippen molar-refractivity contribution in [3.05, 3.63) is 41.0 Å². The largest absolute Gasteiger partial charge is 0.343 e. The van der Waals surface area contributed by atoms with Crippen molar-refractivity contribution in [3.63, 3.8) is 0 Å². The Kier molecular flexibility index (Phi) is 6.68. The molecule has 0 bridgehead atoms. The van der Waals surface area contributed by atoms with Gasteiger partial charge < -0.3 is 15.2 Å². The summed E-state index contributed by atoms with van der Waals surface area (Å²) in [4.78, 5) is 29.0. The first-order chi connectivity index (χ1) is 15.1. The fourth-order valence-corrected chi connectivity index (χ4v) is 4.96. The summed E-state index contributed by atoms with van der Waals surface area (Å²) >= 11 is 0. The SMILES string of the molecule is CC(=O)NC1(c2noc(CCC(=O)Nc3cccc4c3CCCC4)n2)CCCCCC1. The van der Waals surface area contributed by atoms with Gasteiger partial charge in [-0.2, -0.15) is 4.98 Å². The Morgan fingerprint density at radius 2 is 1.84 bits per heavy atom. The van der Waals surface area contributed by atoms with Crippen molar-refractivity contribution >= 4 is 17.5 Å². The van der Waals surface area contributed by atoms with E-state index in [0.717, 1.165) is 57.1 Å². The Morgan fingerprint density at radius 3 is 2.61 bits per heavy atom. The number of amides is 2. The molecule has 0 atom stereocenters.